The second kappa shape index (κ2) is 9.08. The number of carbonyl (C=O) groups is 1. The molecule has 5 nitrogen and oxygen atoms in total. The summed E-state index contributed by atoms with van der Waals surface area (Å²) in [6.07, 6.45) is 0. The highest BCUT2D eigenvalue weighted by atomic mass is 16.5. The van der Waals surface area contributed by atoms with E-state index in [0.29, 0.717) is 29.6 Å². The summed E-state index contributed by atoms with van der Waals surface area (Å²) in [6.45, 7) is 4.69. The molecule has 0 aromatic heterocycles. The molecule has 3 N–H and O–H groups in total. The van der Waals surface area contributed by atoms with Crippen molar-refractivity contribution in [3.05, 3.63) is 54.1 Å². The smallest absolute Gasteiger partial charge is 0.279 e. The van der Waals surface area contributed by atoms with Crippen molar-refractivity contribution in [1.82, 2.24) is 0 Å². The summed E-state index contributed by atoms with van der Waals surface area (Å²) in [5, 5.41) is 4.99. The van der Waals surface area contributed by atoms with Gasteiger partial charge >= 0.3 is 0 Å². The number of carbonyl (C=O) groups excluding carboxylic acids is 1. The minimum absolute atomic E-state index is 0.0474. The fourth-order valence-electron chi connectivity index (χ4n) is 2.83. The zero-order valence-corrected chi connectivity index (χ0v) is 15.3. The summed E-state index contributed by atoms with van der Waals surface area (Å²) < 4.78 is 10.5. The van der Waals surface area contributed by atoms with Crippen LogP contribution in [-0.2, 0) is 4.79 Å². The molecule has 134 valence electrons. The van der Waals surface area contributed by atoms with Gasteiger partial charge in [0.1, 0.15) is 6.04 Å². The zero-order chi connectivity index (χ0) is 18.2. The number of ether oxygens (including phenoxy) is 2. The highest BCUT2D eigenvalue weighted by Crippen LogP contribution is 2.29. The number of benzene rings is 2. The predicted octanol–water partition coefficient (Wildman–Crippen LogP) is 2.60. The number of rotatable bonds is 8. The van der Waals surface area contributed by atoms with Gasteiger partial charge in [-0.3, -0.25) is 4.79 Å². The molecule has 0 saturated carbocycles. The van der Waals surface area contributed by atoms with E-state index in [9.17, 15) is 4.79 Å². The lowest BCUT2D eigenvalue weighted by molar-refractivity contribution is -0.692. The van der Waals surface area contributed by atoms with E-state index in [4.69, 9.17) is 9.47 Å². The van der Waals surface area contributed by atoms with Crippen LogP contribution in [0.25, 0.3) is 0 Å². The molecule has 5 heteroatoms. The van der Waals surface area contributed by atoms with E-state index in [-0.39, 0.29) is 11.9 Å². The molecule has 1 amide bonds. The predicted molar refractivity (Wildman–Crippen MR) is 99.0 cm³/mol. The van der Waals surface area contributed by atoms with Gasteiger partial charge in [-0.05, 0) is 12.1 Å². The molecule has 0 spiro atoms. The van der Waals surface area contributed by atoms with Gasteiger partial charge in [-0.1, -0.05) is 44.2 Å². The van der Waals surface area contributed by atoms with Crippen LogP contribution in [0.4, 0.5) is 5.69 Å². The SMILES string of the molecule is COc1ccc(NC(=O)C[NH2+][C@H](c2ccccc2)C(C)C)cc1OC. The number of anilines is 1. The molecule has 0 heterocycles. The number of methoxy groups -OCH3 is 2. The Morgan fingerprint density at radius 2 is 1.72 bits per heavy atom. The molecular formula is C20H27N2O3+. The maximum absolute atomic E-state index is 12.3. The van der Waals surface area contributed by atoms with Gasteiger partial charge in [-0.15, -0.1) is 0 Å². The Kier molecular flexibility index (Phi) is 6.83. The van der Waals surface area contributed by atoms with Crippen LogP contribution in [0, 0.1) is 5.92 Å². The van der Waals surface area contributed by atoms with Crippen LogP contribution in [-0.4, -0.2) is 26.7 Å². The third-order valence-corrected chi connectivity index (χ3v) is 4.13. The van der Waals surface area contributed by atoms with Crippen molar-refractivity contribution in [2.24, 2.45) is 5.92 Å². The molecule has 0 fully saturated rings. The van der Waals surface area contributed by atoms with Crippen molar-refractivity contribution in [3.63, 3.8) is 0 Å². The van der Waals surface area contributed by atoms with Gasteiger partial charge in [0.2, 0.25) is 0 Å². The van der Waals surface area contributed by atoms with Gasteiger partial charge in [0, 0.05) is 23.2 Å². The second-order valence-electron chi connectivity index (χ2n) is 6.24. The molecule has 2 rings (SSSR count). The van der Waals surface area contributed by atoms with Gasteiger partial charge in [-0.2, -0.15) is 0 Å². The lowest BCUT2D eigenvalue weighted by atomic mass is 9.96. The standard InChI is InChI=1S/C20H26N2O3/c1-14(2)20(15-8-6-5-7-9-15)21-13-19(23)22-16-10-11-17(24-3)18(12-16)25-4/h5-12,14,20-21H,13H2,1-4H3,(H,22,23)/p+1/t20-/m0/s1. The molecule has 0 aliphatic carbocycles. The Balaban J connectivity index is 1.97. The van der Waals surface area contributed by atoms with Crippen molar-refractivity contribution in [1.29, 1.82) is 0 Å². The Hall–Kier alpha value is -2.53. The Labute approximate surface area is 149 Å². The summed E-state index contributed by atoms with van der Waals surface area (Å²) in [5.41, 5.74) is 1.92. The van der Waals surface area contributed by atoms with Crippen LogP contribution in [0.3, 0.4) is 0 Å². The largest absolute Gasteiger partial charge is 0.493 e. The topological polar surface area (TPSA) is 64.2 Å². The van der Waals surface area contributed by atoms with Crippen LogP contribution < -0.4 is 20.1 Å². The van der Waals surface area contributed by atoms with Gasteiger partial charge in [0.05, 0.1) is 14.2 Å². The number of amides is 1. The number of quaternary nitrogens is 1. The number of nitrogens with one attached hydrogen (secondary N) is 1. The van der Waals surface area contributed by atoms with Crippen molar-refractivity contribution >= 4 is 11.6 Å². The fraction of sp³-hybridized carbons (Fsp3) is 0.350. The number of hydrogen-bond donors (Lipinski definition) is 2. The third kappa shape index (κ3) is 5.22. The summed E-state index contributed by atoms with van der Waals surface area (Å²) in [7, 11) is 3.16. The molecule has 2 aromatic rings. The molecule has 2 aromatic carbocycles. The highest BCUT2D eigenvalue weighted by molar-refractivity contribution is 5.91. The summed E-state index contributed by atoms with van der Waals surface area (Å²) in [5.74, 6) is 1.61. The molecule has 0 saturated heterocycles. The lowest BCUT2D eigenvalue weighted by Gasteiger charge is -2.19. The summed E-state index contributed by atoms with van der Waals surface area (Å²) in [4.78, 5) is 12.3. The van der Waals surface area contributed by atoms with E-state index in [1.165, 1.54) is 5.56 Å². The Bertz CT molecular complexity index is 687. The van der Waals surface area contributed by atoms with E-state index >= 15 is 0 Å². The molecule has 0 aliphatic heterocycles. The van der Waals surface area contributed by atoms with Crippen LogP contribution in [0.15, 0.2) is 48.5 Å². The van der Waals surface area contributed by atoms with E-state index in [2.05, 4.69) is 36.6 Å². The fourth-order valence-corrected chi connectivity index (χ4v) is 2.83. The van der Waals surface area contributed by atoms with Crippen LogP contribution >= 0.6 is 0 Å². The van der Waals surface area contributed by atoms with E-state index < -0.39 is 0 Å². The van der Waals surface area contributed by atoms with E-state index in [0.717, 1.165) is 0 Å². The first-order chi connectivity index (χ1) is 12.0. The minimum atomic E-state index is -0.0474. The molecule has 1 atom stereocenters. The average Bonchev–Trinajstić information content (AvgIpc) is 2.62. The van der Waals surface area contributed by atoms with Gasteiger partial charge in [-0.25, -0.2) is 0 Å². The molecular weight excluding hydrogens is 316 g/mol. The summed E-state index contributed by atoms with van der Waals surface area (Å²) >= 11 is 0. The van der Waals surface area contributed by atoms with Crippen LogP contribution in [0.1, 0.15) is 25.5 Å². The van der Waals surface area contributed by atoms with Gasteiger partial charge in [0.15, 0.2) is 18.0 Å². The summed E-state index contributed by atoms with van der Waals surface area (Å²) in [6, 6.07) is 15.9. The Morgan fingerprint density at radius 1 is 1.04 bits per heavy atom. The van der Waals surface area contributed by atoms with Gasteiger partial charge in [0.25, 0.3) is 5.91 Å². The molecule has 0 radical (unpaired) electrons. The van der Waals surface area contributed by atoms with Crippen molar-refractivity contribution in [2.75, 3.05) is 26.1 Å². The van der Waals surface area contributed by atoms with Crippen molar-refractivity contribution < 1.29 is 19.6 Å². The normalized spacial score (nSPS) is 11.9. The average molecular weight is 343 g/mol. The first-order valence-corrected chi connectivity index (χ1v) is 8.45. The molecule has 0 aliphatic rings. The highest BCUT2D eigenvalue weighted by Gasteiger charge is 2.20. The first kappa shape index (κ1) is 18.8. The molecule has 0 unspecified atom stereocenters. The monoisotopic (exact) mass is 343 g/mol. The second-order valence-corrected chi connectivity index (χ2v) is 6.24. The van der Waals surface area contributed by atoms with E-state index in [1.807, 2.05) is 18.2 Å². The number of nitrogens with two attached hydrogens (primary N) is 1. The first-order valence-electron chi connectivity index (χ1n) is 8.45. The molecule has 25 heavy (non-hydrogen) atoms. The quantitative estimate of drug-likeness (QED) is 0.774. The van der Waals surface area contributed by atoms with Crippen LogP contribution in [0.2, 0.25) is 0 Å². The molecule has 0 bridgehead atoms. The van der Waals surface area contributed by atoms with E-state index in [1.54, 1.807) is 32.4 Å². The lowest BCUT2D eigenvalue weighted by Crippen LogP contribution is -2.88. The zero-order valence-electron chi connectivity index (χ0n) is 15.3. The maximum Gasteiger partial charge on any atom is 0.279 e. The van der Waals surface area contributed by atoms with Gasteiger partial charge < -0.3 is 20.1 Å². The maximum atomic E-state index is 12.3. The Morgan fingerprint density at radius 3 is 2.32 bits per heavy atom. The number of hydrogen-bond acceptors (Lipinski definition) is 3. The van der Waals surface area contributed by atoms with Crippen molar-refractivity contribution in [2.45, 2.75) is 19.9 Å². The van der Waals surface area contributed by atoms with Crippen molar-refractivity contribution in [3.8, 4) is 11.5 Å². The minimum Gasteiger partial charge on any atom is -0.493 e. The third-order valence-electron chi connectivity index (χ3n) is 4.13. The van der Waals surface area contributed by atoms with Crippen LogP contribution in [0.5, 0.6) is 11.5 Å².